The van der Waals surface area contributed by atoms with Crippen LogP contribution in [0.15, 0.2) is 176 Å². The maximum Gasteiger partial charge on any atom is 0.164 e. The van der Waals surface area contributed by atoms with Gasteiger partial charge in [0.05, 0.1) is 6.85 Å². The minimum atomic E-state index is -0.419. The maximum absolute atomic E-state index is 8.94. The molecule has 10 aromatic rings. The average molecular weight is 673 g/mol. The topological polar surface area (TPSA) is 38.7 Å². The summed E-state index contributed by atoms with van der Waals surface area (Å²) in [6.07, 6.45) is 0. The minimum absolute atomic E-state index is 0.171. The lowest BCUT2D eigenvalue weighted by atomic mass is 9.95. The van der Waals surface area contributed by atoms with Crippen LogP contribution in [0.3, 0.4) is 0 Å². The van der Waals surface area contributed by atoms with E-state index >= 15 is 0 Å². The van der Waals surface area contributed by atoms with Gasteiger partial charge in [0.25, 0.3) is 0 Å². The zero-order valence-electron chi connectivity index (χ0n) is 32.1. The minimum Gasteiger partial charge on any atom is -0.208 e. The Hall–Kier alpha value is -6.49. The van der Waals surface area contributed by atoms with E-state index in [1.165, 1.54) is 22.1 Å². The Bertz CT molecular complexity index is 3170. The van der Waals surface area contributed by atoms with Crippen LogP contribution in [0.1, 0.15) is 6.85 Å². The maximum atomic E-state index is 8.94. The van der Waals surface area contributed by atoms with Crippen molar-refractivity contribution < 1.29 is 6.85 Å². The number of nitrogens with zero attached hydrogens (tertiary/aromatic N) is 3. The molecule has 0 atom stereocenters. The molecule has 0 aliphatic rings. The van der Waals surface area contributed by atoms with Gasteiger partial charge < -0.3 is 0 Å². The van der Waals surface area contributed by atoms with E-state index in [0.29, 0.717) is 23.0 Å². The van der Waals surface area contributed by atoms with Gasteiger partial charge in [-0.05, 0) is 62.5 Å². The summed E-state index contributed by atoms with van der Waals surface area (Å²) in [6, 6.07) is 47.3. The molecule has 3 nitrogen and oxygen atoms in total. The quantitative estimate of drug-likeness (QED) is 0.171. The normalized spacial score (nSPS) is 12.9. The van der Waals surface area contributed by atoms with Crippen molar-refractivity contribution >= 4 is 53.1 Å². The molecule has 51 heavy (non-hydrogen) atoms. The molecule has 0 bridgehead atoms. The molecule has 0 spiro atoms. The van der Waals surface area contributed by atoms with Gasteiger partial charge in [-0.15, -0.1) is 11.3 Å². The summed E-state index contributed by atoms with van der Waals surface area (Å²) in [5, 5.41) is 6.41. The van der Waals surface area contributed by atoms with Crippen molar-refractivity contribution in [2.75, 3.05) is 0 Å². The molecule has 0 aliphatic heterocycles. The van der Waals surface area contributed by atoms with E-state index in [0.717, 1.165) is 58.8 Å². The van der Waals surface area contributed by atoms with Crippen molar-refractivity contribution in [3.8, 4) is 56.4 Å². The van der Waals surface area contributed by atoms with Gasteiger partial charge in [0, 0.05) is 42.4 Å². The Balaban J connectivity index is 1.25. The van der Waals surface area contributed by atoms with Crippen LogP contribution in [0.4, 0.5) is 0 Å². The summed E-state index contributed by atoms with van der Waals surface area (Å²) in [4.78, 5) is 15.3. The smallest absolute Gasteiger partial charge is 0.164 e. The van der Waals surface area contributed by atoms with E-state index < -0.39 is 6.04 Å². The third kappa shape index (κ3) is 5.16. The van der Waals surface area contributed by atoms with Crippen LogP contribution < -0.4 is 0 Å². The van der Waals surface area contributed by atoms with Crippen molar-refractivity contribution in [3.63, 3.8) is 0 Å². The molecule has 238 valence electrons. The largest absolute Gasteiger partial charge is 0.208 e. The molecule has 2 heterocycles. The summed E-state index contributed by atoms with van der Waals surface area (Å²) < 4.78 is 44.9. The van der Waals surface area contributed by atoms with E-state index in [2.05, 4.69) is 60.7 Å². The molecule has 8 aromatic carbocycles. The molecular formula is C47H29N3S. The fraction of sp³-hybridized carbons (Fsp3) is 0. The van der Waals surface area contributed by atoms with Crippen LogP contribution in [0, 0.1) is 0 Å². The van der Waals surface area contributed by atoms with Gasteiger partial charge >= 0.3 is 0 Å². The SMILES string of the molecule is [2H]c1c([2H])c([2H])c(-c2cc(-c3ccccc3)cc3c2sc2cccc(-c4nc(-c5ccccc5)nc(-c5ccc6c(ccc7ccccc76)c5)n4)c23)c([2H])c1[2H]. The monoisotopic (exact) mass is 672 g/mol. The van der Waals surface area contributed by atoms with Crippen molar-refractivity contribution in [3.05, 3.63) is 176 Å². The molecule has 0 aliphatic carbocycles. The van der Waals surface area contributed by atoms with Crippen LogP contribution in [-0.4, -0.2) is 15.0 Å². The molecule has 0 amide bonds. The standard InChI is InChI=1S/C47H29N3S/c1-4-13-30(14-5-1)36-28-40(31-15-6-2-7-16-31)44-41(29-36)43-39(21-12-22-42(43)51-44)47-49-45(33-18-8-3-9-19-33)48-46(50-47)35-25-26-38-34(27-35)24-23-32-17-10-11-20-37(32)38/h1-29H/i2D,6D,7D,15D,16D. The van der Waals surface area contributed by atoms with Gasteiger partial charge in [-0.1, -0.05) is 152 Å². The summed E-state index contributed by atoms with van der Waals surface area (Å²) >= 11 is 1.53. The first-order chi connectivity index (χ1) is 27.3. The molecule has 4 heteroatoms. The first-order valence-electron chi connectivity index (χ1n) is 19.2. The molecule has 0 N–H and O–H groups in total. The second-order valence-electron chi connectivity index (χ2n) is 12.4. The number of thiophene rings is 1. The zero-order chi connectivity index (χ0) is 38.1. The van der Waals surface area contributed by atoms with E-state index in [-0.39, 0.29) is 29.7 Å². The van der Waals surface area contributed by atoms with Gasteiger partial charge in [0.15, 0.2) is 17.5 Å². The lowest BCUT2D eigenvalue weighted by Gasteiger charge is -2.11. The number of hydrogen-bond donors (Lipinski definition) is 0. The average Bonchev–Trinajstić information content (AvgIpc) is 3.64. The predicted octanol–water partition coefficient (Wildman–Crippen LogP) is 12.9. The predicted molar refractivity (Wildman–Crippen MR) is 215 cm³/mol. The second-order valence-corrected chi connectivity index (χ2v) is 13.5. The Morgan fingerprint density at radius 3 is 1.92 bits per heavy atom. The fourth-order valence-corrected chi connectivity index (χ4v) is 8.21. The summed E-state index contributed by atoms with van der Waals surface area (Å²) in [7, 11) is 0. The van der Waals surface area contributed by atoms with Crippen LogP contribution in [0.2, 0.25) is 0 Å². The lowest BCUT2D eigenvalue weighted by molar-refractivity contribution is 1.08. The lowest BCUT2D eigenvalue weighted by Crippen LogP contribution is -2.00. The third-order valence-corrected chi connectivity index (χ3v) is 10.6. The fourth-order valence-electron chi connectivity index (χ4n) is 6.98. The van der Waals surface area contributed by atoms with E-state index in [9.17, 15) is 0 Å². The Morgan fingerprint density at radius 1 is 0.412 bits per heavy atom. The highest BCUT2D eigenvalue weighted by Crippen LogP contribution is 2.45. The Kier molecular flexibility index (Phi) is 5.85. The Morgan fingerprint density at radius 2 is 1.10 bits per heavy atom. The van der Waals surface area contributed by atoms with Crippen molar-refractivity contribution in [2.24, 2.45) is 0 Å². The highest BCUT2D eigenvalue weighted by Gasteiger charge is 2.20. The summed E-state index contributed by atoms with van der Waals surface area (Å²) in [5.41, 5.74) is 5.09. The van der Waals surface area contributed by atoms with Crippen molar-refractivity contribution in [1.29, 1.82) is 0 Å². The molecule has 10 rings (SSSR count). The van der Waals surface area contributed by atoms with Crippen molar-refractivity contribution in [1.82, 2.24) is 15.0 Å². The van der Waals surface area contributed by atoms with Crippen LogP contribution in [0.25, 0.3) is 98.1 Å². The number of aromatic nitrogens is 3. The first-order valence-corrected chi connectivity index (χ1v) is 17.5. The van der Waals surface area contributed by atoms with Gasteiger partial charge in [-0.25, -0.2) is 15.0 Å². The number of fused-ring (bicyclic) bond motifs is 6. The summed E-state index contributed by atoms with van der Waals surface area (Å²) in [6.45, 7) is 0. The molecule has 0 saturated carbocycles. The van der Waals surface area contributed by atoms with Gasteiger partial charge in [0.1, 0.15) is 0 Å². The summed E-state index contributed by atoms with van der Waals surface area (Å²) in [5.74, 6) is 1.60. The molecule has 0 saturated heterocycles. The number of hydrogen-bond acceptors (Lipinski definition) is 4. The molecule has 2 aromatic heterocycles. The number of rotatable bonds is 5. The zero-order valence-corrected chi connectivity index (χ0v) is 27.9. The highest BCUT2D eigenvalue weighted by atomic mass is 32.1. The van der Waals surface area contributed by atoms with E-state index in [1.54, 1.807) is 0 Å². The molecule has 0 unspecified atom stereocenters. The molecule has 0 radical (unpaired) electrons. The van der Waals surface area contributed by atoms with Gasteiger partial charge in [-0.2, -0.15) is 0 Å². The number of benzene rings is 8. The van der Waals surface area contributed by atoms with Crippen molar-refractivity contribution in [2.45, 2.75) is 0 Å². The van der Waals surface area contributed by atoms with E-state index in [4.69, 9.17) is 21.8 Å². The Labute approximate surface area is 306 Å². The van der Waals surface area contributed by atoms with Crippen LogP contribution >= 0.6 is 11.3 Å². The first kappa shape index (κ1) is 24.6. The molecular weight excluding hydrogens is 639 g/mol. The van der Waals surface area contributed by atoms with Crippen LogP contribution in [-0.2, 0) is 0 Å². The third-order valence-electron chi connectivity index (χ3n) is 9.38. The van der Waals surface area contributed by atoms with E-state index in [1.807, 2.05) is 84.9 Å². The van der Waals surface area contributed by atoms with Gasteiger partial charge in [-0.3, -0.25) is 0 Å². The highest BCUT2D eigenvalue weighted by molar-refractivity contribution is 7.26. The van der Waals surface area contributed by atoms with Gasteiger partial charge in [0.2, 0.25) is 0 Å². The molecule has 0 fully saturated rings. The van der Waals surface area contributed by atoms with Crippen LogP contribution in [0.5, 0.6) is 0 Å². The second kappa shape index (κ2) is 12.1.